The van der Waals surface area contributed by atoms with Gasteiger partial charge in [-0.25, -0.2) is 21.6 Å². The number of halogens is 4. The van der Waals surface area contributed by atoms with Gasteiger partial charge in [-0.1, -0.05) is 11.6 Å². The molecular formula is C21H21ClF3NO4S. The molecule has 1 saturated carbocycles. The van der Waals surface area contributed by atoms with Gasteiger partial charge in [-0.05, 0) is 57.7 Å². The van der Waals surface area contributed by atoms with E-state index in [0.717, 1.165) is 6.07 Å². The second-order valence-electron chi connectivity index (χ2n) is 7.94. The molecule has 1 fully saturated rings. The molecule has 0 heterocycles. The first-order valence-corrected chi connectivity index (χ1v) is 11.4. The summed E-state index contributed by atoms with van der Waals surface area (Å²) in [6.07, 6.45) is 0.562. The highest BCUT2D eigenvalue weighted by atomic mass is 35.5. The Balaban J connectivity index is 1.95. The summed E-state index contributed by atoms with van der Waals surface area (Å²) in [6.45, 7) is 2.74. The number of aliphatic hydroxyl groups excluding tert-OH is 1. The van der Waals surface area contributed by atoms with Crippen LogP contribution in [0.5, 0.6) is 0 Å². The lowest BCUT2D eigenvalue weighted by Crippen LogP contribution is -2.40. The third-order valence-electron chi connectivity index (χ3n) is 5.80. The van der Waals surface area contributed by atoms with Gasteiger partial charge in [0.25, 0.3) is 5.91 Å². The summed E-state index contributed by atoms with van der Waals surface area (Å²) in [5.41, 5.74) is -0.691. The van der Waals surface area contributed by atoms with Crippen molar-refractivity contribution in [2.45, 2.75) is 55.3 Å². The number of hydrogen-bond donors (Lipinski definition) is 2. The van der Waals surface area contributed by atoms with Crippen molar-refractivity contribution in [2.75, 3.05) is 5.32 Å². The topological polar surface area (TPSA) is 83.5 Å². The number of carbonyl (C=O) groups is 1. The predicted octanol–water partition coefficient (Wildman–Crippen LogP) is 4.79. The van der Waals surface area contributed by atoms with Crippen LogP contribution in [0.1, 0.15) is 48.5 Å². The van der Waals surface area contributed by atoms with Crippen molar-refractivity contribution in [1.29, 1.82) is 0 Å². The quantitative estimate of drug-likeness (QED) is 0.623. The maximum absolute atomic E-state index is 13.8. The highest BCUT2D eigenvalue weighted by molar-refractivity contribution is 7.93. The Morgan fingerprint density at radius 2 is 1.77 bits per heavy atom. The van der Waals surface area contributed by atoms with E-state index in [9.17, 15) is 31.5 Å². The number of aliphatic hydroxyl groups is 1. The zero-order valence-electron chi connectivity index (χ0n) is 16.8. The third kappa shape index (κ3) is 4.31. The van der Waals surface area contributed by atoms with Gasteiger partial charge < -0.3 is 10.4 Å². The molecule has 0 saturated heterocycles. The second-order valence-corrected chi connectivity index (χ2v) is 10.8. The number of anilines is 1. The van der Waals surface area contributed by atoms with E-state index in [1.54, 1.807) is 6.92 Å². The zero-order valence-corrected chi connectivity index (χ0v) is 18.4. The Kier molecular flexibility index (Phi) is 6.42. The SMILES string of the molecule is Cc1c(NC(=O)c2ccc(Cl)c(S(=O)(=O)[C@]3(C)CC[C@H](O)CC3)c2)cc(F)c(F)c1F. The number of nitrogens with one attached hydrogen (secondary N) is 1. The number of amides is 1. The van der Waals surface area contributed by atoms with Crippen LogP contribution in [-0.2, 0) is 9.84 Å². The maximum Gasteiger partial charge on any atom is 0.255 e. The van der Waals surface area contributed by atoms with Gasteiger partial charge in [0.15, 0.2) is 27.3 Å². The Morgan fingerprint density at radius 1 is 1.16 bits per heavy atom. The largest absolute Gasteiger partial charge is 0.393 e. The minimum atomic E-state index is -3.96. The Bertz CT molecular complexity index is 1150. The molecule has 0 unspecified atom stereocenters. The van der Waals surface area contributed by atoms with E-state index in [2.05, 4.69) is 5.32 Å². The third-order valence-corrected chi connectivity index (χ3v) is 8.86. The molecule has 0 spiro atoms. The van der Waals surface area contributed by atoms with Crippen molar-refractivity contribution in [1.82, 2.24) is 0 Å². The van der Waals surface area contributed by atoms with Gasteiger partial charge in [-0.2, -0.15) is 0 Å². The van der Waals surface area contributed by atoms with E-state index in [-0.39, 0.29) is 39.6 Å². The molecule has 3 rings (SSSR count). The lowest BCUT2D eigenvalue weighted by molar-refractivity contribution is 0.102. The summed E-state index contributed by atoms with van der Waals surface area (Å²) in [6, 6.07) is 4.28. The smallest absolute Gasteiger partial charge is 0.255 e. The first-order valence-electron chi connectivity index (χ1n) is 9.55. The molecule has 31 heavy (non-hydrogen) atoms. The Labute approximate surface area is 183 Å². The molecule has 0 aliphatic heterocycles. The summed E-state index contributed by atoms with van der Waals surface area (Å²) in [5.74, 6) is -5.39. The number of sulfone groups is 1. The minimum Gasteiger partial charge on any atom is -0.393 e. The van der Waals surface area contributed by atoms with Crippen LogP contribution in [0.3, 0.4) is 0 Å². The highest BCUT2D eigenvalue weighted by Gasteiger charge is 2.44. The van der Waals surface area contributed by atoms with Crippen LogP contribution in [0.25, 0.3) is 0 Å². The van der Waals surface area contributed by atoms with E-state index in [1.165, 1.54) is 19.1 Å². The van der Waals surface area contributed by atoms with Crippen LogP contribution in [0.2, 0.25) is 5.02 Å². The summed E-state index contributed by atoms with van der Waals surface area (Å²) in [7, 11) is -3.96. The summed E-state index contributed by atoms with van der Waals surface area (Å²) in [4.78, 5) is 12.4. The standard InChI is InChI=1S/C21H21ClF3NO4S/c1-11-16(10-15(23)19(25)18(11)24)26-20(28)12-3-4-14(22)17(9-12)31(29,30)21(2)7-5-13(27)6-8-21/h3-4,9-10,13,27H,5-8H2,1-2H3,(H,26,28)/t13-,21+. The molecule has 10 heteroatoms. The van der Waals surface area contributed by atoms with Crippen LogP contribution < -0.4 is 5.32 Å². The Hall–Kier alpha value is -2.10. The van der Waals surface area contributed by atoms with E-state index < -0.39 is 44.0 Å². The first-order chi connectivity index (χ1) is 14.4. The van der Waals surface area contributed by atoms with E-state index in [4.69, 9.17) is 11.6 Å². The first kappa shape index (κ1) is 23.6. The lowest BCUT2D eigenvalue weighted by Gasteiger charge is -2.35. The molecule has 1 amide bonds. The second kappa shape index (κ2) is 8.44. The summed E-state index contributed by atoms with van der Waals surface area (Å²) >= 11 is 6.14. The Morgan fingerprint density at radius 3 is 2.39 bits per heavy atom. The van der Waals surface area contributed by atoms with Crippen molar-refractivity contribution in [3.8, 4) is 0 Å². The predicted molar refractivity (Wildman–Crippen MR) is 111 cm³/mol. The molecular weight excluding hydrogens is 455 g/mol. The van der Waals surface area contributed by atoms with Crippen molar-refractivity contribution >= 4 is 33.0 Å². The molecule has 2 aromatic carbocycles. The van der Waals surface area contributed by atoms with Crippen LogP contribution >= 0.6 is 11.6 Å². The lowest BCUT2D eigenvalue weighted by atomic mass is 9.88. The van der Waals surface area contributed by atoms with Crippen LogP contribution in [0, 0.1) is 24.4 Å². The number of benzene rings is 2. The van der Waals surface area contributed by atoms with Crippen LogP contribution in [-0.4, -0.2) is 30.3 Å². The van der Waals surface area contributed by atoms with Gasteiger partial charge in [0.2, 0.25) is 0 Å². The fourth-order valence-corrected chi connectivity index (χ4v) is 5.94. The molecule has 5 nitrogen and oxygen atoms in total. The van der Waals surface area contributed by atoms with Crippen molar-refractivity contribution in [2.24, 2.45) is 0 Å². The van der Waals surface area contributed by atoms with Crippen LogP contribution in [0.4, 0.5) is 18.9 Å². The fourth-order valence-electron chi connectivity index (χ4n) is 3.61. The maximum atomic E-state index is 13.8. The van der Waals surface area contributed by atoms with Gasteiger partial charge in [-0.3, -0.25) is 4.79 Å². The summed E-state index contributed by atoms with van der Waals surface area (Å²) < 4.78 is 66.1. The van der Waals surface area contributed by atoms with Crippen LogP contribution in [0.15, 0.2) is 29.2 Å². The molecule has 0 bridgehead atoms. The molecule has 2 aromatic rings. The number of rotatable bonds is 4. The van der Waals surface area contributed by atoms with Gasteiger partial charge in [-0.15, -0.1) is 0 Å². The van der Waals surface area contributed by atoms with Crippen molar-refractivity contribution < 1.29 is 31.5 Å². The summed E-state index contributed by atoms with van der Waals surface area (Å²) in [5, 5.41) is 11.9. The fraction of sp³-hybridized carbons (Fsp3) is 0.381. The van der Waals surface area contributed by atoms with Crippen molar-refractivity contribution in [3.05, 3.63) is 57.9 Å². The molecule has 0 aromatic heterocycles. The zero-order chi connectivity index (χ0) is 23.1. The highest BCUT2D eigenvalue weighted by Crippen LogP contribution is 2.41. The van der Waals surface area contributed by atoms with E-state index >= 15 is 0 Å². The monoisotopic (exact) mass is 475 g/mol. The average molecular weight is 476 g/mol. The van der Waals surface area contributed by atoms with Gasteiger partial charge in [0.05, 0.1) is 20.8 Å². The average Bonchev–Trinajstić information content (AvgIpc) is 2.72. The molecule has 1 aliphatic carbocycles. The van der Waals surface area contributed by atoms with Gasteiger partial charge in [0.1, 0.15) is 0 Å². The molecule has 0 atom stereocenters. The molecule has 168 valence electrons. The molecule has 0 radical (unpaired) electrons. The van der Waals surface area contributed by atoms with Gasteiger partial charge in [0, 0.05) is 22.9 Å². The molecule has 1 aliphatic rings. The minimum absolute atomic E-state index is 0.0704. The number of hydrogen-bond acceptors (Lipinski definition) is 4. The molecule has 2 N–H and O–H groups in total. The van der Waals surface area contributed by atoms with Gasteiger partial charge >= 0.3 is 0 Å². The normalized spacial score (nSPS) is 21.7. The number of carbonyl (C=O) groups excluding carboxylic acids is 1. The van der Waals surface area contributed by atoms with E-state index in [0.29, 0.717) is 18.9 Å². The van der Waals surface area contributed by atoms with E-state index in [1.807, 2.05) is 0 Å². The van der Waals surface area contributed by atoms with Crippen molar-refractivity contribution in [3.63, 3.8) is 0 Å².